The third-order valence-corrected chi connectivity index (χ3v) is 3.00. The van der Waals surface area contributed by atoms with Gasteiger partial charge in [0.15, 0.2) is 0 Å². The summed E-state index contributed by atoms with van der Waals surface area (Å²) in [5.41, 5.74) is 0.599. The third-order valence-electron chi connectivity index (χ3n) is 3.00. The van der Waals surface area contributed by atoms with E-state index in [0.717, 1.165) is 6.07 Å². The van der Waals surface area contributed by atoms with Crippen LogP contribution < -0.4 is 0 Å². The minimum Gasteiger partial charge on any atom is -0.277 e. The van der Waals surface area contributed by atoms with Crippen LogP contribution in [0.5, 0.6) is 0 Å². The Labute approximate surface area is 117 Å². The number of halogens is 3. The van der Waals surface area contributed by atoms with Gasteiger partial charge in [0.05, 0.1) is 23.1 Å². The summed E-state index contributed by atoms with van der Waals surface area (Å²) >= 11 is 0. The highest BCUT2D eigenvalue weighted by molar-refractivity contribution is 5.80. The van der Waals surface area contributed by atoms with E-state index in [0.29, 0.717) is 11.3 Å². The maximum absolute atomic E-state index is 13.1. The number of hydrogen-bond donors (Lipinski definition) is 1. The van der Waals surface area contributed by atoms with Crippen molar-refractivity contribution in [3.8, 4) is 22.5 Å². The smallest absolute Gasteiger partial charge is 0.277 e. The molecule has 0 aliphatic carbocycles. The van der Waals surface area contributed by atoms with Gasteiger partial charge in [-0.05, 0) is 12.1 Å². The summed E-state index contributed by atoms with van der Waals surface area (Å²) in [7, 11) is 0. The molecule has 0 radical (unpaired) electrons. The minimum atomic E-state index is -4.44. The van der Waals surface area contributed by atoms with E-state index in [-0.39, 0.29) is 11.3 Å². The maximum Gasteiger partial charge on any atom is 0.417 e. The molecule has 21 heavy (non-hydrogen) atoms. The van der Waals surface area contributed by atoms with Gasteiger partial charge < -0.3 is 0 Å². The van der Waals surface area contributed by atoms with Crippen molar-refractivity contribution in [2.24, 2.45) is 0 Å². The van der Waals surface area contributed by atoms with Gasteiger partial charge in [-0.15, -0.1) is 0 Å². The number of nitrogens with zero attached hydrogens (tertiary/aromatic N) is 3. The van der Waals surface area contributed by atoms with Gasteiger partial charge in [-0.1, -0.05) is 18.2 Å². The van der Waals surface area contributed by atoms with Crippen molar-refractivity contribution in [3.63, 3.8) is 0 Å². The molecular weight excluding hydrogens is 281 g/mol. The molecule has 0 aliphatic rings. The van der Waals surface area contributed by atoms with Crippen LogP contribution >= 0.6 is 0 Å². The van der Waals surface area contributed by atoms with E-state index in [1.165, 1.54) is 30.9 Å². The average Bonchev–Trinajstić information content (AvgIpc) is 2.96. The Morgan fingerprint density at radius 2 is 1.81 bits per heavy atom. The fourth-order valence-electron chi connectivity index (χ4n) is 2.08. The second-order valence-corrected chi connectivity index (χ2v) is 4.30. The Bertz CT molecular complexity index is 750. The van der Waals surface area contributed by atoms with Crippen LogP contribution in [0, 0.1) is 0 Å². The zero-order valence-corrected chi connectivity index (χ0v) is 10.6. The molecule has 1 N–H and O–H groups in total. The Balaban J connectivity index is 2.18. The second kappa shape index (κ2) is 5.01. The van der Waals surface area contributed by atoms with E-state index >= 15 is 0 Å². The van der Waals surface area contributed by atoms with Crippen LogP contribution in [0.15, 0.2) is 49.1 Å². The summed E-state index contributed by atoms with van der Waals surface area (Å²) in [4.78, 5) is 7.84. The van der Waals surface area contributed by atoms with Gasteiger partial charge in [0, 0.05) is 17.3 Å². The highest BCUT2D eigenvalue weighted by Gasteiger charge is 2.34. The van der Waals surface area contributed by atoms with Crippen LogP contribution in [-0.2, 0) is 6.18 Å². The lowest BCUT2D eigenvalue weighted by molar-refractivity contribution is -0.137. The molecule has 2 heterocycles. The van der Waals surface area contributed by atoms with E-state index < -0.39 is 11.7 Å². The molecule has 0 atom stereocenters. The summed E-state index contributed by atoms with van der Waals surface area (Å²) < 4.78 is 39.3. The van der Waals surface area contributed by atoms with Gasteiger partial charge >= 0.3 is 6.18 Å². The zero-order chi connectivity index (χ0) is 14.9. The van der Waals surface area contributed by atoms with Gasteiger partial charge in [-0.2, -0.15) is 18.3 Å². The number of nitrogens with one attached hydrogen (secondary N) is 1. The number of alkyl halides is 3. The van der Waals surface area contributed by atoms with Crippen molar-refractivity contribution in [3.05, 3.63) is 54.6 Å². The second-order valence-electron chi connectivity index (χ2n) is 4.30. The van der Waals surface area contributed by atoms with E-state index in [9.17, 15) is 13.2 Å². The summed E-state index contributed by atoms with van der Waals surface area (Å²) in [6.45, 7) is 0. The van der Waals surface area contributed by atoms with Crippen LogP contribution in [0.2, 0.25) is 0 Å². The first-order valence-electron chi connectivity index (χ1n) is 6.03. The average molecular weight is 290 g/mol. The molecule has 1 aromatic carbocycles. The molecule has 0 bridgehead atoms. The third kappa shape index (κ3) is 2.49. The minimum absolute atomic E-state index is 0.0381. The number of aromatic nitrogens is 4. The molecule has 0 spiro atoms. The Morgan fingerprint density at radius 3 is 2.52 bits per heavy atom. The molecule has 0 saturated heterocycles. The standard InChI is InChI=1S/C14H9F3N4/c15-14(16,17)11-4-2-1-3-9(11)13-10(7-20-21-13)12-5-6-18-8-19-12/h1-8H,(H,20,21). The number of aromatic amines is 1. The lowest BCUT2D eigenvalue weighted by Gasteiger charge is -2.12. The SMILES string of the molecule is FC(F)(F)c1ccccc1-c1[nH]ncc1-c1ccncn1. The Kier molecular flexibility index (Phi) is 3.17. The predicted octanol–water partition coefficient (Wildman–Crippen LogP) is 3.55. The molecule has 0 unspecified atom stereocenters. The Hall–Kier alpha value is -2.70. The summed E-state index contributed by atoms with van der Waals surface area (Å²) in [5.74, 6) is 0. The van der Waals surface area contributed by atoms with Crippen molar-refractivity contribution in [1.29, 1.82) is 0 Å². The predicted molar refractivity (Wildman–Crippen MR) is 70.1 cm³/mol. The first-order valence-corrected chi connectivity index (χ1v) is 6.03. The summed E-state index contributed by atoms with van der Waals surface area (Å²) in [6.07, 6.45) is -0.133. The van der Waals surface area contributed by atoms with E-state index in [2.05, 4.69) is 20.2 Å². The van der Waals surface area contributed by atoms with Crippen LogP contribution in [0.25, 0.3) is 22.5 Å². The summed E-state index contributed by atoms with van der Waals surface area (Å²) in [5, 5.41) is 6.47. The highest BCUT2D eigenvalue weighted by atomic mass is 19.4. The lowest BCUT2D eigenvalue weighted by Crippen LogP contribution is -2.07. The molecular formula is C14H9F3N4. The van der Waals surface area contributed by atoms with E-state index in [1.807, 2.05) is 0 Å². The molecule has 4 nitrogen and oxygen atoms in total. The van der Waals surface area contributed by atoms with Crippen molar-refractivity contribution in [1.82, 2.24) is 20.2 Å². The quantitative estimate of drug-likeness (QED) is 0.785. The number of rotatable bonds is 2. The van der Waals surface area contributed by atoms with Gasteiger partial charge in [0.25, 0.3) is 0 Å². The van der Waals surface area contributed by atoms with Crippen molar-refractivity contribution in [2.75, 3.05) is 0 Å². The van der Waals surface area contributed by atoms with Crippen molar-refractivity contribution < 1.29 is 13.2 Å². The molecule has 3 rings (SSSR count). The number of H-pyrrole nitrogens is 1. The van der Waals surface area contributed by atoms with E-state index in [1.54, 1.807) is 12.1 Å². The Morgan fingerprint density at radius 1 is 1.00 bits per heavy atom. The van der Waals surface area contributed by atoms with Gasteiger partial charge in [-0.25, -0.2) is 9.97 Å². The van der Waals surface area contributed by atoms with Crippen LogP contribution in [-0.4, -0.2) is 20.2 Å². The first-order chi connectivity index (χ1) is 10.1. The molecule has 3 aromatic rings. The molecule has 0 aliphatic heterocycles. The topological polar surface area (TPSA) is 54.5 Å². The molecule has 2 aromatic heterocycles. The van der Waals surface area contributed by atoms with E-state index in [4.69, 9.17) is 0 Å². The number of hydrogen-bond acceptors (Lipinski definition) is 3. The highest BCUT2D eigenvalue weighted by Crippen LogP contribution is 2.39. The van der Waals surface area contributed by atoms with Crippen molar-refractivity contribution in [2.45, 2.75) is 6.18 Å². The monoisotopic (exact) mass is 290 g/mol. The van der Waals surface area contributed by atoms with Crippen molar-refractivity contribution >= 4 is 0 Å². The molecule has 0 saturated carbocycles. The zero-order valence-electron chi connectivity index (χ0n) is 10.6. The normalized spacial score (nSPS) is 11.6. The van der Waals surface area contributed by atoms with Gasteiger partial charge in [0.2, 0.25) is 0 Å². The fourth-order valence-corrected chi connectivity index (χ4v) is 2.08. The molecule has 0 amide bonds. The number of benzene rings is 1. The molecule has 7 heteroatoms. The lowest BCUT2D eigenvalue weighted by atomic mass is 10.00. The van der Waals surface area contributed by atoms with Gasteiger partial charge in [-0.3, -0.25) is 5.10 Å². The molecule has 106 valence electrons. The van der Waals surface area contributed by atoms with Gasteiger partial charge in [0.1, 0.15) is 6.33 Å². The van der Waals surface area contributed by atoms with Crippen LogP contribution in [0.4, 0.5) is 13.2 Å². The van der Waals surface area contributed by atoms with Crippen LogP contribution in [0.3, 0.4) is 0 Å². The summed E-state index contributed by atoms with van der Waals surface area (Å²) in [6, 6.07) is 6.97. The first kappa shape index (κ1) is 13.3. The molecule has 0 fully saturated rings. The fraction of sp³-hybridized carbons (Fsp3) is 0.0714. The van der Waals surface area contributed by atoms with Crippen LogP contribution in [0.1, 0.15) is 5.56 Å². The largest absolute Gasteiger partial charge is 0.417 e. The maximum atomic E-state index is 13.1.